The molecule has 2 aromatic carbocycles. The summed E-state index contributed by atoms with van der Waals surface area (Å²) in [6, 6.07) is 21.4. The van der Waals surface area contributed by atoms with E-state index in [0.717, 1.165) is 36.2 Å². The molecule has 0 unspecified atom stereocenters. The molecule has 1 saturated carbocycles. The van der Waals surface area contributed by atoms with Gasteiger partial charge in [-0.2, -0.15) is 5.10 Å². The van der Waals surface area contributed by atoms with Crippen LogP contribution in [-0.2, 0) is 9.59 Å². The Balaban J connectivity index is 1.58. The molecule has 2 amide bonds. The molecule has 0 saturated heterocycles. The Hall–Kier alpha value is -3.41. The van der Waals surface area contributed by atoms with Crippen LogP contribution >= 0.6 is 0 Å². The highest BCUT2D eigenvalue weighted by atomic mass is 16.2. The maximum absolute atomic E-state index is 12.8. The molecule has 3 aromatic rings. The zero-order chi connectivity index (χ0) is 20.9. The number of nitrogens with zero attached hydrogens (tertiary/aromatic N) is 3. The van der Waals surface area contributed by atoms with Gasteiger partial charge in [-0.05, 0) is 31.4 Å². The molecule has 1 N–H and O–H groups in total. The summed E-state index contributed by atoms with van der Waals surface area (Å²) in [7, 11) is 0. The number of amides is 2. The lowest BCUT2D eigenvalue weighted by Crippen LogP contribution is -2.39. The lowest BCUT2D eigenvalue weighted by Gasteiger charge is -2.21. The second-order valence-corrected chi connectivity index (χ2v) is 7.61. The van der Waals surface area contributed by atoms with Crippen LogP contribution in [0.2, 0.25) is 0 Å². The number of anilines is 1. The minimum Gasteiger partial charge on any atom is -0.333 e. The van der Waals surface area contributed by atoms with E-state index in [1.165, 1.54) is 0 Å². The summed E-state index contributed by atoms with van der Waals surface area (Å²) in [6.45, 7) is 2.67. The highest BCUT2D eigenvalue weighted by Gasteiger charge is 2.33. The van der Waals surface area contributed by atoms with E-state index in [-0.39, 0.29) is 24.3 Å². The number of rotatable bonds is 8. The Morgan fingerprint density at radius 1 is 1.07 bits per heavy atom. The number of carbonyl (C=O) groups is 2. The molecule has 30 heavy (non-hydrogen) atoms. The smallest absolute Gasteiger partial charge is 0.245 e. The molecule has 1 fully saturated rings. The lowest BCUT2D eigenvalue weighted by molar-refractivity contribution is -0.135. The van der Waals surface area contributed by atoms with Gasteiger partial charge in [0, 0.05) is 24.1 Å². The minimum atomic E-state index is -0.214. The first-order chi connectivity index (χ1) is 14.7. The molecule has 0 radical (unpaired) electrons. The van der Waals surface area contributed by atoms with Gasteiger partial charge in [0.05, 0.1) is 17.9 Å². The van der Waals surface area contributed by atoms with Crippen molar-refractivity contribution in [2.75, 3.05) is 18.4 Å². The summed E-state index contributed by atoms with van der Waals surface area (Å²) in [6.07, 6.45) is 2.69. The lowest BCUT2D eigenvalue weighted by atomic mass is 10.1. The number of nitrogens with one attached hydrogen (secondary N) is 1. The SMILES string of the molecule is CCCN(CC(=O)Nc1cc(-c2ccccc2)nn1-c1ccccc1)C(=O)C1CC1. The second-order valence-electron chi connectivity index (χ2n) is 7.61. The van der Waals surface area contributed by atoms with Crippen molar-refractivity contribution in [2.24, 2.45) is 5.92 Å². The Bertz CT molecular complexity index is 1010. The standard InChI is InChI=1S/C24H26N4O2/c1-2-15-27(24(30)19-13-14-19)17-23(29)25-22-16-21(18-9-5-3-6-10-18)26-28(22)20-11-7-4-8-12-20/h3-12,16,19H,2,13-15,17H2,1H3,(H,25,29). The number of benzene rings is 2. The fourth-order valence-electron chi connectivity index (χ4n) is 3.47. The molecule has 0 spiro atoms. The fourth-order valence-corrected chi connectivity index (χ4v) is 3.47. The van der Waals surface area contributed by atoms with Crippen molar-refractivity contribution in [2.45, 2.75) is 26.2 Å². The third kappa shape index (κ3) is 4.59. The molecule has 1 heterocycles. The van der Waals surface area contributed by atoms with Gasteiger partial charge in [-0.3, -0.25) is 9.59 Å². The first-order valence-corrected chi connectivity index (χ1v) is 10.4. The average molecular weight is 402 g/mol. The zero-order valence-corrected chi connectivity index (χ0v) is 17.1. The average Bonchev–Trinajstić information content (AvgIpc) is 3.54. The molecular weight excluding hydrogens is 376 g/mol. The molecule has 4 rings (SSSR count). The molecule has 0 aliphatic heterocycles. The molecule has 154 valence electrons. The predicted octanol–water partition coefficient (Wildman–Crippen LogP) is 4.13. The van der Waals surface area contributed by atoms with Crippen molar-refractivity contribution in [3.05, 3.63) is 66.7 Å². The third-order valence-electron chi connectivity index (χ3n) is 5.11. The molecule has 0 atom stereocenters. The van der Waals surface area contributed by atoms with Crippen LogP contribution < -0.4 is 5.32 Å². The molecule has 1 aromatic heterocycles. The van der Waals surface area contributed by atoms with Crippen molar-refractivity contribution < 1.29 is 9.59 Å². The number of aromatic nitrogens is 2. The molecule has 0 bridgehead atoms. The van der Waals surface area contributed by atoms with Gasteiger partial charge in [-0.25, -0.2) is 4.68 Å². The summed E-state index contributed by atoms with van der Waals surface area (Å²) in [4.78, 5) is 27.0. The molecule has 1 aliphatic carbocycles. The summed E-state index contributed by atoms with van der Waals surface area (Å²) >= 11 is 0. The van der Waals surface area contributed by atoms with E-state index >= 15 is 0 Å². The van der Waals surface area contributed by atoms with Crippen molar-refractivity contribution in [3.63, 3.8) is 0 Å². The Morgan fingerprint density at radius 2 is 1.73 bits per heavy atom. The van der Waals surface area contributed by atoms with E-state index < -0.39 is 0 Å². The predicted molar refractivity (Wildman–Crippen MR) is 117 cm³/mol. The largest absolute Gasteiger partial charge is 0.333 e. The van der Waals surface area contributed by atoms with Crippen molar-refractivity contribution in [1.29, 1.82) is 0 Å². The van der Waals surface area contributed by atoms with Crippen LogP contribution in [0.1, 0.15) is 26.2 Å². The number of hydrogen-bond acceptors (Lipinski definition) is 3. The van der Waals surface area contributed by atoms with Gasteiger partial charge in [-0.15, -0.1) is 0 Å². The van der Waals surface area contributed by atoms with E-state index in [1.54, 1.807) is 9.58 Å². The van der Waals surface area contributed by atoms with E-state index in [4.69, 9.17) is 5.10 Å². The van der Waals surface area contributed by atoms with Crippen LogP contribution in [0.15, 0.2) is 66.7 Å². The minimum absolute atomic E-state index is 0.0593. The molecule has 6 nitrogen and oxygen atoms in total. The van der Waals surface area contributed by atoms with Crippen molar-refractivity contribution in [1.82, 2.24) is 14.7 Å². The number of hydrogen-bond donors (Lipinski definition) is 1. The van der Waals surface area contributed by atoms with Crippen molar-refractivity contribution >= 4 is 17.6 Å². The maximum atomic E-state index is 12.8. The van der Waals surface area contributed by atoms with Gasteiger partial charge in [0.15, 0.2) is 0 Å². The molecule has 6 heteroatoms. The normalized spacial score (nSPS) is 13.1. The van der Waals surface area contributed by atoms with Crippen LogP contribution in [0.4, 0.5) is 5.82 Å². The van der Waals surface area contributed by atoms with E-state index in [0.29, 0.717) is 12.4 Å². The van der Waals surface area contributed by atoms with Crippen LogP contribution in [-0.4, -0.2) is 39.6 Å². The molecular formula is C24H26N4O2. The highest BCUT2D eigenvalue weighted by molar-refractivity contribution is 5.95. The van der Waals surface area contributed by atoms with Crippen LogP contribution in [0.3, 0.4) is 0 Å². The zero-order valence-electron chi connectivity index (χ0n) is 17.1. The van der Waals surface area contributed by atoms with Gasteiger partial charge in [0.2, 0.25) is 11.8 Å². The summed E-state index contributed by atoms with van der Waals surface area (Å²) < 4.78 is 1.73. The fraction of sp³-hybridized carbons (Fsp3) is 0.292. The van der Waals surface area contributed by atoms with Crippen LogP contribution in [0.5, 0.6) is 0 Å². The van der Waals surface area contributed by atoms with Gasteiger partial charge in [-0.1, -0.05) is 55.5 Å². The Kier molecular flexibility index (Phi) is 5.93. The maximum Gasteiger partial charge on any atom is 0.245 e. The van der Waals surface area contributed by atoms with Crippen LogP contribution in [0, 0.1) is 5.92 Å². The number of para-hydroxylation sites is 1. The topological polar surface area (TPSA) is 67.2 Å². The quantitative estimate of drug-likeness (QED) is 0.616. The van der Waals surface area contributed by atoms with Crippen molar-refractivity contribution in [3.8, 4) is 16.9 Å². The first-order valence-electron chi connectivity index (χ1n) is 10.4. The molecule has 1 aliphatic rings. The monoisotopic (exact) mass is 402 g/mol. The Labute approximate surface area is 176 Å². The van der Waals surface area contributed by atoms with Gasteiger partial charge >= 0.3 is 0 Å². The number of carbonyl (C=O) groups excluding carboxylic acids is 2. The van der Waals surface area contributed by atoms with Gasteiger partial charge in [0.25, 0.3) is 0 Å². The third-order valence-corrected chi connectivity index (χ3v) is 5.11. The first kappa shape index (κ1) is 19.9. The Morgan fingerprint density at radius 3 is 2.37 bits per heavy atom. The van der Waals surface area contributed by atoms with Gasteiger partial charge in [0.1, 0.15) is 5.82 Å². The van der Waals surface area contributed by atoms with E-state index in [9.17, 15) is 9.59 Å². The van der Waals surface area contributed by atoms with E-state index in [1.807, 2.05) is 73.7 Å². The summed E-state index contributed by atoms with van der Waals surface area (Å²) in [5.41, 5.74) is 2.60. The summed E-state index contributed by atoms with van der Waals surface area (Å²) in [5, 5.41) is 7.68. The second kappa shape index (κ2) is 8.95. The van der Waals surface area contributed by atoms with Gasteiger partial charge < -0.3 is 10.2 Å². The highest BCUT2D eigenvalue weighted by Crippen LogP contribution is 2.31. The van der Waals surface area contributed by atoms with E-state index in [2.05, 4.69) is 5.32 Å². The van der Waals surface area contributed by atoms with Crippen LogP contribution in [0.25, 0.3) is 16.9 Å². The summed E-state index contributed by atoms with van der Waals surface area (Å²) in [5.74, 6) is 0.562.